The molecule has 5 nitrogen and oxygen atoms in total. The summed E-state index contributed by atoms with van der Waals surface area (Å²) in [7, 11) is 1.21. The van der Waals surface area contributed by atoms with Gasteiger partial charge in [-0.25, -0.2) is 9.59 Å². The number of hydrogen-bond acceptors (Lipinski definition) is 4. The van der Waals surface area contributed by atoms with Crippen LogP contribution in [0.5, 0.6) is 0 Å². The Balaban J connectivity index is 3.08. The molecule has 16 heavy (non-hydrogen) atoms. The van der Waals surface area contributed by atoms with Gasteiger partial charge >= 0.3 is 11.9 Å². The molecule has 0 aliphatic carbocycles. The number of benzene rings is 1. The van der Waals surface area contributed by atoms with E-state index in [4.69, 9.17) is 16.7 Å². The number of methoxy groups -OCH3 is 1. The molecule has 86 valence electrons. The monoisotopic (exact) mass is 244 g/mol. The number of carboxylic acid groups (broad SMARTS) is 1. The van der Waals surface area contributed by atoms with E-state index in [0.717, 1.165) is 0 Å². The minimum absolute atomic E-state index is 0.0321. The number of carbonyl (C=O) groups excluding carboxylic acids is 1. The summed E-state index contributed by atoms with van der Waals surface area (Å²) >= 11 is 5.75. The lowest BCUT2D eigenvalue weighted by Gasteiger charge is -2.08. The summed E-state index contributed by atoms with van der Waals surface area (Å²) in [5.41, 5.74) is 0.218. The van der Waals surface area contributed by atoms with Crippen molar-refractivity contribution in [3.05, 3.63) is 34.3 Å². The zero-order chi connectivity index (χ0) is 12.3. The van der Waals surface area contributed by atoms with Crippen molar-refractivity contribution in [2.45, 2.75) is 6.10 Å². The first-order chi connectivity index (χ1) is 7.47. The van der Waals surface area contributed by atoms with E-state index in [9.17, 15) is 14.7 Å². The van der Waals surface area contributed by atoms with Gasteiger partial charge in [0.1, 0.15) is 0 Å². The van der Waals surface area contributed by atoms with Gasteiger partial charge < -0.3 is 14.9 Å². The number of carboxylic acids is 1. The molecule has 0 radical (unpaired) electrons. The molecule has 1 atom stereocenters. The van der Waals surface area contributed by atoms with Gasteiger partial charge in [-0.3, -0.25) is 0 Å². The first-order valence-corrected chi connectivity index (χ1v) is 4.63. The highest BCUT2D eigenvalue weighted by atomic mass is 35.5. The number of carbonyl (C=O) groups is 2. The van der Waals surface area contributed by atoms with Crippen LogP contribution in [0.2, 0.25) is 5.02 Å². The topological polar surface area (TPSA) is 83.8 Å². The maximum Gasteiger partial charge on any atom is 0.339 e. The molecule has 0 saturated heterocycles. The third-order valence-corrected chi connectivity index (χ3v) is 2.26. The third kappa shape index (κ3) is 2.50. The Morgan fingerprint density at radius 3 is 2.50 bits per heavy atom. The smallest absolute Gasteiger partial charge is 0.339 e. The van der Waals surface area contributed by atoms with Crippen LogP contribution in [-0.2, 0) is 9.53 Å². The van der Waals surface area contributed by atoms with E-state index in [1.165, 1.54) is 25.3 Å². The third-order valence-electron chi connectivity index (χ3n) is 1.95. The highest BCUT2D eigenvalue weighted by Gasteiger charge is 2.18. The second-order valence-electron chi connectivity index (χ2n) is 2.97. The van der Waals surface area contributed by atoms with Crippen LogP contribution >= 0.6 is 11.6 Å². The predicted octanol–water partition coefficient (Wildman–Crippen LogP) is 1.24. The number of esters is 1. The molecule has 0 saturated carbocycles. The fraction of sp³-hybridized carbons (Fsp3) is 0.200. The van der Waals surface area contributed by atoms with E-state index in [2.05, 4.69) is 4.74 Å². The number of aliphatic hydroxyl groups is 1. The van der Waals surface area contributed by atoms with Crippen molar-refractivity contribution in [2.75, 3.05) is 7.11 Å². The van der Waals surface area contributed by atoms with Gasteiger partial charge in [0.15, 0.2) is 6.10 Å². The lowest BCUT2D eigenvalue weighted by Crippen LogP contribution is -2.11. The summed E-state index contributed by atoms with van der Waals surface area (Å²) in [6.07, 6.45) is -1.66. The van der Waals surface area contributed by atoms with Crippen molar-refractivity contribution < 1.29 is 24.5 Å². The standard InChI is InChI=1S/C10H9ClO5/c1-16-10(15)6-3-2-5(4-7(6)11)8(12)9(13)14/h2-4,8,12H,1H3,(H,13,14). The van der Waals surface area contributed by atoms with Gasteiger partial charge in [-0.1, -0.05) is 17.7 Å². The Labute approximate surface area is 96.2 Å². The van der Waals surface area contributed by atoms with E-state index >= 15 is 0 Å². The van der Waals surface area contributed by atoms with Crippen LogP contribution in [0, 0.1) is 0 Å². The average Bonchev–Trinajstić information content (AvgIpc) is 2.26. The van der Waals surface area contributed by atoms with Crippen LogP contribution < -0.4 is 0 Å². The van der Waals surface area contributed by atoms with E-state index in [1.54, 1.807) is 0 Å². The highest BCUT2D eigenvalue weighted by molar-refractivity contribution is 6.33. The Bertz CT molecular complexity index is 429. The Morgan fingerprint density at radius 1 is 1.44 bits per heavy atom. The summed E-state index contributed by atoms with van der Waals surface area (Å²) in [5, 5.41) is 17.8. The zero-order valence-electron chi connectivity index (χ0n) is 8.31. The number of ether oxygens (including phenoxy) is 1. The zero-order valence-corrected chi connectivity index (χ0v) is 9.06. The molecule has 0 aliphatic heterocycles. The Hall–Kier alpha value is -1.59. The summed E-state index contributed by atoms with van der Waals surface area (Å²) < 4.78 is 4.46. The van der Waals surface area contributed by atoms with E-state index in [-0.39, 0.29) is 16.1 Å². The first-order valence-electron chi connectivity index (χ1n) is 4.26. The van der Waals surface area contributed by atoms with E-state index in [0.29, 0.717) is 0 Å². The highest BCUT2D eigenvalue weighted by Crippen LogP contribution is 2.22. The molecule has 1 aromatic carbocycles. The quantitative estimate of drug-likeness (QED) is 0.782. The van der Waals surface area contributed by atoms with Crippen LogP contribution in [0.1, 0.15) is 22.0 Å². The fourth-order valence-electron chi connectivity index (χ4n) is 1.12. The lowest BCUT2D eigenvalue weighted by atomic mass is 10.1. The summed E-state index contributed by atoms with van der Waals surface area (Å²) in [4.78, 5) is 21.7. The maximum atomic E-state index is 11.2. The molecule has 0 aromatic heterocycles. The Morgan fingerprint density at radius 2 is 2.06 bits per heavy atom. The van der Waals surface area contributed by atoms with Crippen molar-refractivity contribution in [1.82, 2.24) is 0 Å². The van der Waals surface area contributed by atoms with Gasteiger partial charge in [0.25, 0.3) is 0 Å². The van der Waals surface area contributed by atoms with Gasteiger partial charge in [-0.2, -0.15) is 0 Å². The first kappa shape index (κ1) is 12.5. The van der Waals surface area contributed by atoms with Crippen molar-refractivity contribution in [2.24, 2.45) is 0 Å². The average molecular weight is 245 g/mol. The normalized spacial score (nSPS) is 11.9. The predicted molar refractivity (Wildman–Crippen MR) is 55.4 cm³/mol. The lowest BCUT2D eigenvalue weighted by molar-refractivity contribution is -0.146. The molecule has 6 heteroatoms. The van der Waals surface area contributed by atoms with Gasteiger partial charge in [-0.15, -0.1) is 0 Å². The summed E-state index contributed by atoms with van der Waals surface area (Å²) in [5.74, 6) is -2.01. The molecular formula is C10H9ClO5. The van der Waals surface area contributed by atoms with Crippen LogP contribution in [0.4, 0.5) is 0 Å². The molecule has 0 aliphatic rings. The molecule has 0 spiro atoms. The number of aliphatic carboxylic acids is 1. The molecule has 1 rings (SSSR count). The number of rotatable bonds is 3. The minimum Gasteiger partial charge on any atom is -0.479 e. The number of aliphatic hydroxyl groups excluding tert-OH is 1. The van der Waals surface area contributed by atoms with Crippen LogP contribution in [0.3, 0.4) is 0 Å². The van der Waals surface area contributed by atoms with Gasteiger partial charge in [-0.05, 0) is 17.7 Å². The van der Waals surface area contributed by atoms with Gasteiger partial charge in [0.05, 0.1) is 17.7 Å². The summed E-state index contributed by atoms with van der Waals surface area (Å²) in [6, 6.07) is 3.82. The molecule has 0 amide bonds. The molecule has 2 N–H and O–H groups in total. The molecule has 0 heterocycles. The van der Waals surface area contributed by atoms with Crippen molar-refractivity contribution in [3.8, 4) is 0 Å². The van der Waals surface area contributed by atoms with E-state index in [1.807, 2.05) is 0 Å². The largest absolute Gasteiger partial charge is 0.479 e. The van der Waals surface area contributed by atoms with Crippen molar-refractivity contribution in [1.29, 1.82) is 0 Å². The summed E-state index contributed by atoms with van der Waals surface area (Å²) in [6.45, 7) is 0. The van der Waals surface area contributed by atoms with E-state index < -0.39 is 18.0 Å². The molecular weight excluding hydrogens is 236 g/mol. The molecule has 0 fully saturated rings. The molecule has 0 bridgehead atoms. The fourth-order valence-corrected chi connectivity index (χ4v) is 1.39. The van der Waals surface area contributed by atoms with Gasteiger partial charge in [0.2, 0.25) is 0 Å². The van der Waals surface area contributed by atoms with Crippen LogP contribution in [0.25, 0.3) is 0 Å². The number of hydrogen-bond donors (Lipinski definition) is 2. The number of halogens is 1. The molecule has 1 unspecified atom stereocenters. The molecule has 1 aromatic rings. The van der Waals surface area contributed by atoms with Gasteiger partial charge in [0, 0.05) is 0 Å². The van der Waals surface area contributed by atoms with Crippen molar-refractivity contribution in [3.63, 3.8) is 0 Å². The second-order valence-corrected chi connectivity index (χ2v) is 3.38. The SMILES string of the molecule is COC(=O)c1ccc(C(O)C(=O)O)cc1Cl. The minimum atomic E-state index is -1.66. The van der Waals surface area contributed by atoms with Crippen molar-refractivity contribution >= 4 is 23.5 Å². The second kappa shape index (κ2) is 4.96. The Kier molecular flexibility index (Phi) is 3.87. The van der Waals surface area contributed by atoms with Crippen LogP contribution in [0.15, 0.2) is 18.2 Å². The van der Waals surface area contributed by atoms with Crippen LogP contribution in [-0.4, -0.2) is 29.3 Å². The maximum absolute atomic E-state index is 11.2.